The molecule has 0 saturated carbocycles. The van der Waals surface area contributed by atoms with Crippen molar-refractivity contribution in [3.8, 4) is 0 Å². The van der Waals surface area contributed by atoms with Gasteiger partial charge >= 0.3 is 0 Å². The second-order valence-corrected chi connectivity index (χ2v) is 4.88. The summed E-state index contributed by atoms with van der Waals surface area (Å²) in [6.07, 6.45) is 3.81. The first-order chi connectivity index (χ1) is 8.33. The highest BCUT2D eigenvalue weighted by atomic mass is 16.5. The number of hydrogen-bond acceptors (Lipinski definition) is 2. The highest BCUT2D eigenvalue weighted by Gasteiger charge is 2.18. The predicted molar refractivity (Wildman–Crippen MR) is 72.4 cm³/mol. The van der Waals surface area contributed by atoms with Crippen LogP contribution in [0.5, 0.6) is 0 Å². The molecule has 0 spiro atoms. The minimum Gasteiger partial charge on any atom is -0.382 e. The van der Waals surface area contributed by atoms with Gasteiger partial charge in [-0.25, -0.2) is 0 Å². The van der Waals surface area contributed by atoms with Gasteiger partial charge in [-0.15, -0.1) is 0 Å². The Hall–Kier alpha value is -1.02. The molecule has 1 aliphatic heterocycles. The largest absolute Gasteiger partial charge is 0.382 e. The molecule has 1 aromatic rings. The number of fused-ring (bicyclic) bond motifs is 1. The Labute approximate surface area is 104 Å². The Balaban J connectivity index is 1.86. The normalized spacial score (nSPS) is 18.9. The fraction of sp³-hybridized carbons (Fsp3) is 0.600. The maximum Gasteiger partial charge on any atom is 0.0788 e. The molecular formula is C15H23NO. The molecule has 1 aromatic carbocycles. The third-order valence-corrected chi connectivity index (χ3v) is 3.71. The molecule has 2 heteroatoms. The Morgan fingerprint density at radius 3 is 2.82 bits per heavy atom. The van der Waals surface area contributed by atoms with Gasteiger partial charge in [0.15, 0.2) is 0 Å². The minimum atomic E-state index is 0.338. The molecule has 0 fully saturated rings. The smallest absolute Gasteiger partial charge is 0.0788 e. The molecule has 0 aromatic heterocycles. The highest BCUT2D eigenvalue weighted by molar-refractivity contribution is 5.53. The molecule has 0 amide bonds. The van der Waals surface area contributed by atoms with Crippen LogP contribution in [0.1, 0.15) is 32.3 Å². The first-order valence-electron chi connectivity index (χ1n) is 6.76. The third kappa shape index (κ3) is 3.22. The molecule has 94 valence electrons. The molecule has 1 N–H and O–H groups in total. The number of para-hydroxylation sites is 1. The van der Waals surface area contributed by atoms with Gasteiger partial charge in [0, 0.05) is 25.3 Å². The van der Waals surface area contributed by atoms with Crippen molar-refractivity contribution in [2.75, 3.05) is 18.5 Å². The van der Waals surface area contributed by atoms with Crippen LogP contribution in [0.3, 0.4) is 0 Å². The lowest BCUT2D eigenvalue weighted by molar-refractivity contribution is 0.0335. The van der Waals surface area contributed by atoms with E-state index in [0.29, 0.717) is 12.0 Å². The van der Waals surface area contributed by atoms with Crippen LogP contribution in [0.15, 0.2) is 24.3 Å². The third-order valence-electron chi connectivity index (χ3n) is 3.71. The van der Waals surface area contributed by atoms with E-state index in [9.17, 15) is 0 Å². The van der Waals surface area contributed by atoms with Crippen molar-refractivity contribution in [3.63, 3.8) is 0 Å². The number of rotatable bonds is 5. The Morgan fingerprint density at radius 2 is 2.06 bits per heavy atom. The van der Waals surface area contributed by atoms with E-state index >= 15 is 0 Å². The summed E-state index contributed by atoms with van der Waals surface area (Å²) in [7, 11) is 0. The van der Waals surface area contributed by atoms with E-state index in [2.05, 4.69) is 43.4 Å². The maximum atomic E-state index is 6.02. The van der Waals surface area contributed by atoms with E-state index in [1.54, 1.807) is 0 Å². The zero-order valence-electron chi connectivity index (χ0n) is 10.9. The van der Waals surface area contributed by atoms with Gasteiger partial charge < -0.3 is 10.1 Å². The number of benzene rings is 1. The van der Waals surface area contributed by atoms with Crippen molar-refractivity contribution in [1.29, 1.82) is 0 Å². The lowest BCUT2D eigenvalue weighted by Crippen LogP contribution is -2.31. The molecule has 1 heterocycles. The summed E-state index contributed by atoms with van der Waals surface area (Å²) in [5.74, 6) is 0.715. The van der Waals surface area contributed by atoms with Crippen LogP contribution in [0.2, 0.25) is 0 Å². The van der Waals surface area contributed by atoms with Gasteiger partial charge in [-0.1, -0.05) is 44.9 Å². The van der Waals surface area contributed by atoms with Crippen LogP contribution in [-0.2, 0) is 11.2 Å². The van der Waals surface area contributed by atoms with Gasteiger partial charge in [0.1, 0.15) is 0 Å². The van der Waals surface area contributed by atoms with E-state index in [1.165, 1.54) is 24.1 Å². The summed E-state index contributed by atoms with van der Waals surface area (Å²) in [6.45, 7) is 6.33. The number of ether oxygens (including phenoxy) is 1. The molecule has 0 saturated heterocycles. The van der Waals surface area contributed by atoms with Gasteiger partial charge in [0.05, 0.1) is 6.10 Å². The molecule has 17 heavy (non-hydrogen) atoms. The molecule has 2 rings (SSSR count). The summed E-state index contributed by atoms with van der Waals surface area (Å²) in [4.78, 5) is 0. The molecule has 1 unspecified atom stereocenters. The van der Waals surface area contributed by atoms with Crippen LogP contribution >= 0.6 is 0 Å². The van der Waals surface area contributed by atoms with Crippen molar-refractivity contribution >= 4 is 5.69 Å². The average molecular weight is 233 g/mol. The summed E-state index contributed by atoms with van der Waals surface area (Å²) >= 11 is 0. The van der Waals surface area contributed by atoms with Gasteiger partial charge in [-0.2, -0.15) is 0 Å². The lowest BCUT2D eigenvalue weighted by atomic mass is 10.0. The zero-order chi connectivity index (χ0) is 12.1. The maximum absolute atomic E-state index is 6.02. The van der Waals surface area contributed by atoms with Crippen molar-refractivity contribution in [2.24, 2.45) is 5.92 Å². The molecule has 2 nitrogen and oxygen atoms in total. The van der Waals surface area contributed by atoms with Crippen LogP contribution in [0.25, 0.3) is 0 Å². The summed E-state index contributed by atoms with van der Waals surface area (Å²) in [5, 5.41) is 3.45. The zero-order valence-corrected chi connectivity index (χ0v) is 10.9. The average Bonchev–Trinajstić information content (AvgIpc) is 2.40. The van der Waals surface area contributed by atoms with Crippen LogP contribution in [0, 0.1) is 5.92 Å². The van der Waals surface area contributed by atoms with Gasteiger partial charge in [-0.3, -0.25) is 0 Å². The molecule has 0 aliphatic carbocycles. The minimum absolute atomic E-state index is 0.338. The number of hydrogen-bond donors (Lipinski definition) is 1. The lowest BCUT2D eigenvalue weighted by Gasteiger charge is -2.27. The van der Waals surface area contributed by atoms with Gasteiger partial charge in [0.25, 0.3) is 0 Å². The quantitative estimate of drug-likeness (QED) is 0.840. The summed E-state index contributed by atoms with van der Waals surface area (Å²) < 4.78 is 6.02. The Morgan fingerprint density at radius 1 is 1.29 bits per heavy atom. The monoisotopic (exact) mass is 233 g/mol. The summed E-state index contributed by atoms with van der Waals surface area (Å²) in [5.41, 5.74) is 2.66. The van der Waals surface area contributed by atoms with E-state index in [0.717, 1.165) is 19.6 Å². The van der Waals surface area contributed by atoms with Crippen molar-refractivity contribution in [2.45, 2.75) is 39.2 Å². The van der Waals surface area contributed by atoms with Crippen LogP contribution in [-0.4, -0.2) is 19.3 Å². The van der Waals surface area contributed by atoms with E-state index in [1.807, 2.05) is 0 Å². The fourth-order valence-corrected chi connectivity index (χ4v) is 2.33. The molecular weight excluding hydrogens is 210 g/mol. The van der Waals surface area contributed by atoms with Crippen LogP contribution in [0.4, 0.5) is 5.69 Å². The second kappa shape index (κ2) is 6.06. The molecule has 0 radical (unpaired) electrons. The van der Waals surface area contributed by atoms with Gasteiger partial charge in [0.2, 0.25) is 0 Å². The predicted octanol–water partition coefficient (Wildman–Crippen LogP) is 3.48. The topological polar surface area (TPSA) is 21.3 Å². The molecule has 1 atom stereocenters. The van der Waals surface area contributed by atoms with Crippen molar-refractivity contribution in [3.05, 3.63) is 29.8 Å². The first kappa shape index (κ1) is 12.4. The fourth-order valence-electron chi connectivity index (χ4n) is 2.33. The highest BCUT2D eigenvalue weighted by Crippen LogP contribution is 2.23. The van der Waals surface area contributed by atoms with Crippen molar-refractivity contribution < 1.29 is 4.74 Å². The molecule has 1 aliphatic rings. The Kier molecular flexibility index (Phi) is 4.43. The molecule has 0 bridgehead atoms. The number of nitrogens with one attached hydrogen (secondary N) is 1. The Bertz CT molecular complexity index is 347. The van der Waals surface area contributed by atoms with E-state index < -0.39 is 0 Å². The SMILES string of the molecule is CCC(CC)COC1CNc2ccccc2C1. The number of anilines is 1. The standard InChI is InChI=1S/C15H23NO/c1-3-12(4-2)11-17-14-9-13-7-5-6-8-15(13)16-10-14/h5-8,12,14,16H,3-4,9-11H2,1-2H3. The second-order valence-electron chi connectivity index (χ2n) is 4.88. The summed E-state index contributed by atoms with van der Waals surface area (Å²) in [6, 6.07) is 8.52. The van der Waals surface area contributed by atoms with Gasteiger partial charge in [-0.05, 0) is 17.5 Å². The van der Waals surface area contributed by atoms with Crippen molar-refractivity contribution in [1.82, 2.24) is 0 Å². The van der Waals surface area contributed by atoms with E-state index in [-0.39, 0.29) is 0 Å². The van der Waals surface area contributed by atoms with Crippen LogP contribution < -0.4 is 5.32 Å². The van der Waals surface area contributed by atoms with E-state index in [4.69, 9.17) is 4.74 Å². The first-order valence-corrected chi connectivity index (χ1v) is 6.76.